The number of rotatable bonds is 6. The summed E-state index contributed by atoms with van der Waals surface area (Å²) in [7, 11) is 1.78. The summed E-state index contributed by atoms with van der Waals surface area (Å²) in [5.74, 6) is 1.11. The van der Waals surface area contributed by atoms with Crippen LogP contribution in [0.5, 0.6) is 0 Å². The highest BCUT2D eigenvalue weighted by molar-refractivity contribution is 7.99. The van der Waals surface area contributed by atoms with E-state index in [0.29, 0.717) is 12.3 Å². The summed E-state index contributed by atoms with van der Waals surface area (Å²) in [6, 6.07) is 14.5. The van der Waals surface area contributed by atoms with E-state index in [1.54, 1.807) is 35.8 Å². The van der Waals surface area contributed by atoms with Crippen molar-refractivity contribution < 1.29 is 9.18 Å². The van der Waals surface area contributed by atoms with Crippen LogP contribution in [0.15, 0.2) is 48.5 Å². The quantitative estimate of drug-likeness (QED) is 0.802. The van der Waals surface area contributed by atoms with Gasteiger partial charge in [0, 0.05) is 19.3 Å². The van der Waals surface area contributed by atoms with Crippen LogP contribution in [0, 0.1) is 12.7 Å². The third kappa shape index (κ3) is 4.88. The minimum Gasteiger partial charge on any atom is -0.341 e. The number of carbonyl (C=O) groups excluding carboxylic acids is 1. The number of halogens is 1. The maximum atomic E-state index is 12.9. The van der Waals surface area contributed by atoms with Gasteiger partial charge in [-0.25, -0.2) is 4.39 Å². The molecule has 4 heteroatoms. The van der Waals surface area contributed by atoms with Crippen molar-refractivity contribution in [3.63, 3.8) is 0 Å². The van der Waals surface area contributed by atoms with E-state index in [1.807, 2.05) is 12.1 Å². The van der Waals surface area contributed by atoms with Gasteiger partial charge in [-0.15, -0.1) is 11.8 Å². The van der Waals surface area contributed by atoms with Crippen LogP contribution in [-0.2, 0) is 17.1 Å². The number of nitrogens with zero attached hydrogens (tertiary/aromatic N) is 1. The highest BCUT2D eigenvalue weighted by atomic mass is 32.2. The predicted octanol–water partition coefficient (Wildman–Crippen LogP) is 4.03. The molecule has 0 bridgehead atoms. The largest absolute Gasteiger partial charge is 0.341 e. The van der Waals surface area contributed by atoms with Gasteiger partial charge in [-0.05, 0) is 35.7 Å². The van der Waals surface area contributed by atoms with E-state index in [0.717, 1.165) is 11.3 Å². The molecule has 0 radical (unpaired) electrons. The molecule has 2 nitrogen and oxygen atoms in total. The minimum atomic E-state index is -0.258. The Kier molecular flexibility index (Phi) is 6.01. The van der Waals surface area contributed by atoms with Gasteiger partial charge in [0.05, 0.1) is 5.75 Å². The van der Waals surface area contributed by atoms with Crippen LogP contribution in [0.25, 0.3) is 0 Å². The van der Waals surface area contributed by atoms with Gasteiger partial charge in [0.15, 0.2) is 0 Å². The first-order valence-electron chi connectivity index (χ1n) is 7.17. The molecule has 0 unspecified atom stereocenters. The normalized spacial score (nSPS) is 10.5. The molecule has 1 amide bonds. The zero-order valence-electron chi connectivity index (χ0n) is 12.9. The molecule has 0 saturated carbocycles. The number of carbonyl (C=O) groups is 1. The lowest BCUT2D eigenvalue weighted by Crippen LogP contribution is -2.27. The van der Waals surface area contributed by atoms with E-state index in [9.17, 15) is 9.18 Å². The molecule has 116 valence electrons. The van der Waals surface area contributed by atoms with Crippen LogP contribution in [0.2, 0.25) is 0 Å². The Morgan fingerprint density at radius 2 is 1.82 bits per heavy atom. The number of aryl methyl sites for hydroxylation is 1. The Morgan fingerprint density at radius 3 is 2.50 bits per heavy atom. The number of hydrogen-bond acceptors (Lipinski definition) is 2. The van der Waals surface area contributed by atoms with Gasteiger partial charge in [-0.2, -0.15) is 0 Å². The SMILES string of the molecule is Cc1ccccc1CSCC(=O)N(C)Cc1ccc(F)cc1. The van der Waals surface area contributed by atoms with Crippen molar-refractivity contribution in [2.75, 3.05) is 12.8 Å². The molecule has 0 spiro atoms. The van der Waals surface area contributed by atoms with Crippen molar-refractivity contribution in [3.8, 4) is 0 Å². The Bertz CT molecular complexity index is 627. The van der Waals surface area contributed by atoms with Crippen LogP contribution in [0.1, 0.15) is 16.7 Å². The number of amides is 1. The molecular formula is C18H20FNOS. The zero-order valence-corrected chi connectivity index (χ0v) is 13.7. The molecule has 0 aliphatic heterocycles. The Labute approximate surface area is 135 Å². The molecule has 0 fully saturated rings. The van der Waals surface area contributed by atoms with Crippen molar-refractivity contribution in [3.05, 3.63) is 71.0 Å². The molecule has 0 aliphatic rings. The summed E-state index contributed by atoms with van der Waals surface area (Å²) < 4.78 is 12.9. The Morgan fingerprint density at radius 1 is 1.14 bits per heavy atom. The van der Waals surface area contributed by atoms with Gasteiger partial charge in [0.25, 0.3) is 0 Å². The van der Waals surface area contributed by atoms with Gasteiger partial charge in [-0.1, -0.05) is 36.4 Å². The highest BCUT2D eigenvalue weighted by Crippen LogP contribution is 2.16. The topological polar surface area (TPSA) is 20.3 Å². The van der Waals surface area contributed by atoms with Gasteiger partial charge < -0.3 is 4.90 Å². The monoisotopic (exact) mass is 317 g/mol. The molecule has 2 rings (SSSR count). The summed E-state index contributed by atoms with van der Waals surface area (Å²) in [5.41, 5.74) is 3.45. The highest BCUT2D eigenvalue weighted by Gasteiger charge is 2.10. The lowest BCUT2D eigenvalue weighted by Gasteiger charge is -2.17. The van der Waals surface area contributed by atoms with Crippen LogP contribution >= 0.6 is 11.8 Å². The third-order valence-electron chi connectivity index (χ3n) is 3.50. The zero-order chi connectivity index (χ0) is 15.9. The first-order valence-corrected chi connectivity index (χ1v) is 8.32. The number of benzene rings is 2. The first-order chi connectivity index (χ1) is 10.6. The summed E-state index contributed by atoms with van der Waals surface area (Å²) in [5, 5.41) is 0. The molecule has 0 N–H and O–H groups in total. The van der Waals surface area contributed by atoms with Crippen LogP contribution in [0.3, 0.4) is 0 Å². The smallest absolute Gasteiger partial charge is 0.232 e. The second-order valence-electron chi connectivity index (χ2n) is 5.30. The fraction of sp³-hybridized carbons (Fsp3) is 0.278. The van der Waals surface area contributed by atoms with Gasteiger partial charge in [0.2, 0.25) is 5.91 Å². The molecule has 0 atom stereocenters. The summed E-state index contributed by atoms with van der Waals surface area (Å²) >= 11 is 1.62. The minimum absolute atomic E-state index is 0.0860. The molecule has 22 heavy (non-hydrogen) atoms. The van der Waals surface area contributed by atoms with Gasteiger partial charge >= 0.3 is 0 Å². The van der Waals surface area contributed by atoms with Crippen molar-refractivity contribution >= 4 is 17.7 Å². The standard InChI is InChI=1S/C18H20FNOS/c1-14-5-3-4-6-16(14)12-22-13-18(21)20(2)11-15-7-9-17(19)10-8-15/h3-10H,11-13H2,1-2H3. The van der Waals surface area contributed by atoms with Crippen molar-refractivity contribution in [2.45, 2.75) is 19.2 Å². The second kappa shape index (κ2) is 7.99. The lowest BCUT2D eigenvalue weighted by molar-refractivity contribution is -0.127. The van der Waals surface area contributed by atoms with E-state index >= 15 is 0 Å². The second-order valence-corrected chi connectivity index (χ2v) is 6.28. The third-order valence-corrected chi connectivity index (χ3v) is 4.47. The van der Waals surface area contributed by atoms with Crippen LogP contribution in [0.4, 0.5) is 4.39 Å². The van der Waals surface area contributed by atoms with E-state index in [1.165, 1.54) is 23.3 Å². The van der Waals surface area contributed by atoms with E-state index in [4.69, 9.17) is 0 Å². The van der Waals surface area contributed by atoms with E-state index in [2.05, 4.69) is 19.1 Å². The van der Waals surface area contributed by atoms with Gasteiger partial charge in [0.1, 0.15) is 5.82 Å². The summed E-state index contributed by atoms with van der Waals surface area (Å²) in [4.78, 5) is 13.8. The molecule has 2 aromatic carbocycles. The average Bonchev–Trinajstić information content (AvgIpc) is 2.51. The molecule has 0 saturated heterocycles. The average molecular weight is 317 g/mol. The van der Waals surface area contributed by atoms with E-state index in [-0.39, 0.29) is 11.7 Å². The first kappa shape index (κ1) is 16.6. The maximum absolute atomic E-state index is 12.9. The van der Waals surface area contributed by atoms with Crippen LogP contribution < -0.4 is 0 Å². The van der Waals surface area contributed by atoms with Crippen molar-refractivity contribution in [1.82, 2.24) is 4.90 Å². The molecule has 2 aromatic rings. The van der Waals surface area contributed by atoms with Gasteiger partial charge in [-0.3, -0.25) is 4.79 Å². The molecule has 0 aliphatic carbocycles. The van der Waals surface area contributed by atoms with E-state index < -0.39 is 0 Å². The molecule has 0 aromatic heterocycles. The Hall–Kier alpha value is -1.81. The summed E-state index contributed by atoms with van der Waals surface area (Å²) in [6.45, 7) is 2.59. The number of hydrogen-bond donors (Lipinski definition) is 0. The number of thioether (sulfide) groups is 1. The lowest BCUT2D eigenvalue weighted by atomic mass is 10.1. The van der Waals surface area contributed by atoms with Crippen molar-refractivity contribution in [1.29, 1.82) is 0 Å². The fourth-order valence-corrected chi connectivity index (χ4v) is 3.12. The predicted molar refractivity (Wildman–Crippen MR) is 90.2 cm³/mol. The Balaban J connectivity index is 1.79. The molecule has 0 heterocycles. The maximum Gasteiger partial charge on any atom is 0.232 e. The van der Waals surface area contributed by atoms with Crippen molar-refractivity contribution in [2.24, 2.45) is 0 Å². The van der Waals surface area contributed by atoms with Crippen LogP contribution in [-0.4, -0.2) is 23.6 Å². The molecular weight excluding hydrogens is 297 g/mol. The fourth-order valence-electron chi connectivity index (χ4n) is 2.08. The summed E-state index contributed by atoms with van der Waals surface area (Å²) in [6.07, 6.45) is 0.